The van der Waals surface area contributed by atoms with E-state index >= 15 is 0 Å². The van der Waals surface area contributed by atoms with Crippen LogP contribution in [0.1, 0.15) is 12.8 Å². The summed E-state index contributed by atoms with van der Waals surface area (Å²) >= 11 is 1.51. The molecular weight excluding hydrogens is 276 g/mol. The van der Waals surface area contributed by atoms with E-state index in [2.05, 4.69) is 0 Å². The number of hydrogen-bond acceptors (Lipinski definition) is 4. The Hall–Kier alpha value is -1.95. The molecule has 0 radical (unpaired) electrons. The van der Waals surface area contributed by atoms with Gasteiger partial charge in [0.15, 0.2) is 0 Å². The molecule has 6 heteroatoms. The lowest BCUT2D eigenvalue weighted by atomic mass is 10.1. The number of amides is 1. The molecule has 104 valence electrons. The number of aromatic nitrogens is 1. The zero-order chi connectivity index (χ0) is 14.1. The first kappa shape index (κ1) is 13.1. The molecule has 0 spiro atoms. The van der Waals surface area contributed by atoms with Crippen molar-refractivity contribution >= 4 is 33.1 Å². The van der Waals surface area contributed by atoms with Gasteiger partial charge in [-0.3, -0.25) is 14.4 Å². The first-order valence-electron chi connectivity index (χ1n) is 6.51. The van der Waals surface area contributed by atoms with Gasteiger partial charge < -0.3 is 9.47 Å². The lowest BCUT2D eigenvalue weighted by molar-refractivity contribution is -0.135. The molecule has 0 saturated carbocycles. The molecule has 2 aromatic heterocycles. The maximum atomic E-state index is 12.2. The summed E-state index contributed by atoms with van der Waals surface area (Å²) in [6.07, 6.45) is 2.50. The van der Waals surface area contributed by atoms with Gasteiger partial charge in [0.1, 0.15) is 12.3 Å². The van der Waals surface area contributed by atoms with Crippen LogP contribution in [0.15, 0.2) is 28.5 Å². The van der Waals surface area contributed by atoms with Crippen LogP contribution in [-0.4, -0.2) is 34.2 Å². The van der Waals surface area contributed by atoms with E-state index in [0.29, 0.717) is 31.3 Å². The zero-order valence-corrected chi connectivity index (χ0v) is 11.7. The van der Waals surface area contributed by atoms with Gasteiger partial charge >= 0.3 is 0 Å². The smallest absolute Gasteiger partial charge is 0.259 e. The number of piperidine rings is 1. The van der Waals surface area contributed by atoms with E-state index in [0.717, 1.165) is 4.70 Å². The number of carbonyl (C=O) groups is 2. The lowest BCUT2D eigenvalue weighted by Crippen LogP contribution is -2.41. The molecule has 1 aliphatic heterocycles. The summed E-state index contributed by atoms with van der Waals surface area (Å²) in [5.74, 6) is 0.0973. The van der Waals surface area contributed by atoms with Crippen LogP contribution in [0.2, 0.25) is 0 Å². The number of likely N-dealkylation sites (tertiary alicyclic amines) is 1. The summed E-state index contributed by atoms with van der Waals surface area (Å²) in [6.45, 7) is 0.971. The number of ketones is 1. The average Bonchev–Trinajstić information content (AvgIpc) is 2.92. The molecule has 1 fully saturated rings. The van der Waals surface area contributed by atoms with Crippen LogP contribution in [0.4, 0.5) is 0 Å². The van der Waals surface area contributed by atoms with Crippen molar-refractivity contribution in [2.24, 2.45) is 0 Å². The third-order valence-corrected chi connectivity index (χ3v) is 4.45. The van der Waals surface area contributed by atoms with Crippen molar-refractivity contribution in [1.82, 2.24) is 9.47 Å². The highest BCUT2D eigenvalue weighted by Crippen LogP contribution is 2.16. The van der Waals surface area contributed by atoms with Gasteiger partial charge in [0.25, 0.3) is 5.56 Å². The number of nitrogens with zero attached hydrogens (tertiary/aromatic N) is 2. The van der Waals surface area contributed by atoms with E-state index in [1.807, 2.05) is 11.4 Å². The molecule has 0 unspecified atom stereocenters. The van der Waals surface area contributed by atoms with Crippen molar-refractivity contribution < 1.29 is 9.59 Å². The fourth-order valence-electron chi connectivity index (χ4n) is 2.38. The van der Waals surface area contributed by atoms with Crippen LogP contribution < -0.4 is 5.56 Å². The van der Waals surface area contributed by atoms with Crippen LogP contribution in [0.3, 0.4) is 0 Å². The molecule has 0 atom stereocenters. The second-order valence-corrected chi connectivity index (χ2v) is 5.81. The number of thiophene rings is 1. The molecular formula is C14H14N2O3S. The van der Waals surface area contributed by atoms with Gasteiger partial charge in [-0.25, -0.2) is 0 Å². The third-order valence-electron chi connectivity index (χ3n) is 3.57. The summed E-state index contributed by atoms with van der Waals surface area (Å²) in [7, 11) is 0. The number of hydrogen-bond donors (Lipinski definition) is 0. The molecule has 3 heterocycles. The standard InChI is InChI=1S/C14H14N2O3S/c17-10-1-5-15(6-2-10)13(18)9-16-7-3-12-11(14(16)19)4-8-20-12/h3-4,7-8H,1-2,5-6,9H2. The van der Waals surface area contributed by atoms with Crippen LogP contribution in [0.25, 0.3) is 10.1 Å². The highest BCUT2D eigenvalue weighted by atomic mass is 32.1. The highest BCUT2D eigenvalue weighted by Gasteiger charge is 2.21. The Bertz CT molecular complexity index is 721. The van der Waals surface area contributed by atoms with Crippen molar-refractivity contribution in [3.05, 3.63) is 34.1 Å². The van der Waals surface area contributed by atoms with E-state index in [1.165, 1.54) is 15.9 Å². The average molecular weight is 290 g/mol. The molecule has 0 bridgehead atoms. The van der Waals surface area contributed by atoms with Crippen LogP contribution in [-0.2, 0) is 16.1 Å². The SMILES string of the molecule is O=C1CCN(C(=O)Cn2ccc3sccc3c2=O)CC1. The number of carbonyl (C=O) groups excluding carboxylic acids is 2. The third kappa shape index (κ3) is 2.38. The minimum atomic E-state index is -0.134. The van der Waals surface area contributed by atoms with Crippen molar-refractivity contribution in [3.8, 4) is 0 Å². The summed E-state index contributed by atoms with van der Waals surface area (Å²) in [4.78, 5) is 37.2. The summed E-state index contributed by atoms with van der Waals surface area (Å²) in [5.41, 5.74) is -0.134. The monoisotopic (exact) mass is 290 g/mol. The zero-order valence-electron chi connectivity index (χ0n) is 10.9. The summed E-state index contributed by atoms with van der Waals surface area (Å²) in [6, 6.07) is 3.64. The van der Waals surface area contributed by atoms with E-state index in [1.54, 1.807) is 17.2 Å². The first-order valence-corrected chi connectivity index (χ1v) is 7.39. The minimum Gasteiger partial charge on any atom is -0.340 e. The van der Waals surface area contributed by atoms with Crippen LogP contribution in [0, 0.1) is 0 Å². The highest BCUT2D eigenvalue weighted by molar-refractivity contribution is 7.17. The Labute approximate surface area is 119 Å². The Morgan fingerprint density at radius 2 is 1.95 bits per heavy atom. The molecule has 1 saturated heterocycles. The molecule has 0 N–H and O–H groups in total. The number of rotatable bonds is 2. The van der Waals surface area contributed by atoms with Gasteiger partial charge in [-0.2, -0.15) is 0 Å². The largest absolute Gasteiger partial charge is 0.340 e. The minimum absolute atomic E-state index is 0.0405. The normalized spacial score (nSPS) is 15.8. The first-order chi connectivity index (χ1) is 9.65. The van der Waals surface area contributed by atoms with E-state index in [9.17, 15) is 14.4 Å². The predicted octanol–water partition coefficient (Wildman–Crippen LogP) is 1.25. The topological polar surface area (TPSA) is 59.4 Å². The summed E-state index contributed by atoms with van der Waals surface area (Å²) < 4.78 is 2.37. The second kappa shape index (κ2) is 5.20. The Morgan fingerprint density at radius 1 is 1.20 bits per heavy atom. The maximum absolute atomic E-state index is 12.2. The quantitative estimate of drug-likeness (QED) is 0.836. The van der Waals surface area contributed by atoms with Gasteiger partial charge in [0.2, 0.25) is 5.91 Å². The number of fused-ring (bicyclic) bond motifs is 1. The lowest BCUT2D eigenvalue weighted by Gasteiger charge is -2.26. The van der Waals surface area contributed by atoms with E-state index < -0.39 is 0 Å². The Balaban J connectivity index is 1.79. The Kier molecular flexibility index (Phi) is 3.40. The number of Topliss-reactive ketones (excluding diaryl/α,β-unsaturated/α-hetero) is 1. The van der Waals surface area contributed by atoms with Gasteiger partial charge in [0, 0.05) is 36.8 Å². The fourth-order valence-corrected chi connectivity index (χ4v) is 3.16. The molecule has 1 aliphatic rings. The molecule has 20 heavy (non-hydrogen) atoms. The Morgan fingerprint density at radius 3 is 2.70 bits per heavy atom. The summed E-state index contributed by atoms with van der Waals surface area (Å²) in [5, 5.41) is 2.52. The van der Waals surface area contributed by atoms with E-state index in [4.69, 9.17) is 0 Å². The van der Waals surface area contributed by atoms with Gasteiger partial charge in [0.05, 0.1) is 5.39 Å². The molecule has 0 aromatic carbocycles. The maximum Gasteiger partial charge on any atom is 0.259 e. The van der Waals surface area contributed by atoms with Gasteiger partial charge in [-0.05, 0) is 17.5 Å². The molecule has 1 amide bonds. The van der Waals surface area contributed by atoms with Crippen molar-refractivity contribution in [3.63, 3.8) is 0 Å². The van der Waals surface area contributed by atoms with Crippen LogP contribution >= 0.6 is 11.3 Å². The molecule has 5 nitrogen and oxygen atoms in total. The van der Waals surface area contributed by atoms with Crippen molar-refractivity contribution in [2.45, 2.75) is 19.4 Å². The number of pyridine rings is 1. The molecule has 3 rings (SSSR count). The molecule has 0 aliphatic carbocycles. The van der Waals surface area contributed by atoms with Gasteiger partial charge in [-0.15, -0.1) is 11.3 Å². The molecule has 2 aromatic rings. The van der Waals surface area contributed by atoms with Crippen molar-refractivity contribution in [2.75, 3.05) is 13.1 Å². The second-order valence-electron chi connectivity index (χ2n) is 4.87. The van der Waals surface area contributed by atoms with E-state index in [-0.39, 0.29) is 23.8 Å². The van der Waals surface area contributed by atoms with Gasteiger partial charge in [-0.1, -0.05) is 0 Å². The predicted molar refractivity (Wildman–Crippen MR) is 76.9 cm³/mol. The van der Waals surface area contributed by atoms with Crippen molar-refractivity contribution in [1.29, 1.82) is 0 Å². The fraction of sp³-hybridized carbons (Fsp3) is 0.357. The van der Waals surface area contributed by atoms with Crippen LogP contribution in [0.5, 0.6) is 0 Å².